The van der Waals surface area contributed by atoms with Crippen molar-refractivity contribution in [3.8, 4) is 0 Å². The van der Waals surface area contributed by atoms with Gasteiger partial charge in [-0.25, -0.2) is 0 Å². The Bertz CT molecular complexity index is 236. The van der Waals surface area contributed by atoms with Crippen molar-refractivity contribution >= 4 is 5.03 Å². The summed E-state index contributed by atoms with van der Waals surface area (Å²) >= 11 is 0. The van der Waals surface area contributed by atoms with Gasteiger partial charge in [-0.3, -0.25) is 0 Å². The van der Waals surface area contributed by atoms with Gasteiger partial charge in [0.05, 0.1) is 0 Å². The molecule has 2 rings (SSSR count). The van der Waals surface area contributed by atoms with Crippen LogP contribution in [0.3, 0.4) is 0 Å². The number of hydrogen-bond acceptors (Lipinski definition) is 0. The molecule has 0 bridgehead atoms. The fraction of sp³-hybridized carbons (Fsp3) is 0. The van der Waals surface area contributed by atoms with E-state index in [-0.39, 0.29) is 0 Å². The summed E-state index contributed by atoms with van der Waals surface area (Å²) in [5.41, 5.74) is 3.43. The van der Waals surface area contributed by atoms with E-state index >= 15 is 0 Å². The summed E-state index contributed by atoms with van der Waals surface area (Å²) in [6.07, 6.45) is 0. The maximum atomic E-state index is 2.22. The van der Waals surface area contributed by atoms with Crippen molar-refractivity contribution in [1.82, 2.24) is 0 Å². The molecule has 0 radical (unpaired) electrons. The first-order valence-electron chi connectivity index (χ1n) is 2.86. The molecule has 1 aliphatic heterocycles. The molecule has 0 aliphatic carbocycles. The molecule has 9 heavy (non-hydrogen) atoms. The third-order valence-electron chi connectivity index (χ3n) is 1.27. The lowest BCUT2D eigenvalue weighted by Gasteiger charge is -1.81. The Morgan fingerprint density at radius 2 is 1.67 bits per heavy atom. The third kappa shape index (κ3) is 0.984. The Hall–Kier alpha value is -0.750. The Balaban J connectivity index is 2.40. The fourth-order valence-electron chi connectivity index (χ4n) is 0.751. The number of rotatable bonds is 1. The summed E-state index contributed by atoms with van der Waals surface area (Å²) in [4.78, 5) is 0. The Morgan fingerprint density at radius 3 is 2.22 bits per heavy atom. The van der Waals surface area contributed by atoms with Gasteiger partial charge < -0.3 is 0 Å². The first-order chi connectivity index (χ1) is 4.47. The molecular weight excluding hydrogens is 132 g/mol. The van der Waals surface area contributed by atoms with Gasteiger partial charge >= 0.3 is 0 Å². The lowest BCUT2D eigenvalue weighted by atomic mass is 10.2. The van der Waals surface area contributed by atoms with Crippen molar-refractivity contribution in [2.45, 2.75) is 0 Å². The maximum absolute atomic E-state index is 2.22. The summed E-state index contributed by atoms with van der Waals surface area (Å²) in [5.74, 6) is 0. The number of hydrogen-bond donors (Lipinski definition) is 0. The van der Waals surface area contributed by atoms with Gasteiger partial charge in [0.15, 0.2) is 0 Å². The van der Waals surface area contributed by atoms with E-state index in [1.807, 2.05) is 6.07 Å². The molecule has 0 aromatic heterocycles. The standard InChI is InChI=1S/C8H6Cl/c1-2-4-7(5-3-1)8-6-9-8/h1-6H/q+1. The van der Waals surface area contributed by atoms with Gasteiger partial charge in [0.1, 0.15) is 0 Å². The lowest BCUT2D eigenvalue weighted by Crippen LogP contribution is -1.68. The van der Waals surface area contributed by atoms with E-state index in [1.54, 1.807) is 0 Å². The zero-order valence-corrected chi connectivity index (χ0v) is 5.60. The summed E-state index contributed by atoms with van der Waals surface area (Å²) in [6, 6.07) is 10.4. The van der Waals surface area contributed by atoms with Crippen molar-refractivity contribution < 1.29 is 10.8 Å². The molecule has 0 amide bonds. The molecular formula is C8H6Cl+. The van der Waals surface area contributed by atoms with Gasteiger partial charge in [0.2, 0.25) is 10.8 Å². The largest absolute Gasteiger partial charge is 0.300 e. The number of halogens is 1. The quantitative estimate of drug-likeness (QED) is 0.556. The monoisotopic (exact) mass is 137 g/mol. The SMILES string of the molecule is C1=C(c2ccccc2)[Cl+]1. The third-order valence-corrected chi connectivity index (χ3v) is 1.92. The van der Waals surface area contributed by atoms with Crippen LogP contribution in [0.4, 0.5) is 0 Å². The minimum atomic E-state index is 1.32. The molecule has 1 aliphatic rings. The Morgan fingerprint density at radius 1 is 1.00 bits per heavy atom. The van der Waals surface area contributed by atoms with Crippen molar-refractivity contribution in [2.24, 2.45) is 0 Å². The molecule has 0 unspecified atom stereocenters. The van der Waals surface area contributed by atoms with Crippen LogP contribution in [0.1, 0.15) is 5.56 Å². The second-order valence-corrected chi connectivity index (χ2v) is 2.78. The summed E-state index contributed by atoms with van der Waals surface area (Å²) in [6.45, 7) is 0. The predicted octanol–water partition coefficient (Wildman–Crippen LogP) is 2.08. The van der Waals surface area contributed by atoms with Crippen LogP contribution in [0.15, 0.2) is 35.9 Å². The van der Waals surface area contributed by atoms with Crippen LogP contribution in [0, 0.1) is 10.8 Å². The molecule has 1 heteroatoms. The minimum absolute atomic E-state index is 1.32. The van der Waals surface area contributed by atoms with E-state index < -0.39 is 0 Å². The van der Waals surface area contributed by atoms with E-state index in [0.29, 0.717) is 0 Å². The van der Waals surface area contributed by atoms with Gasteiger partial charge in [-0.15, -0.1) is 0 Å². The average Bonchev–Trinajstić information content (AvgIpc) is 2.71. The Labute approximate surface area is 57.9 Å². The smallest absolute Gasteiger partial charge is 0.0622 e. The van der Waals surface area contributed by atoms with Gasteiger partial charge in [-0.2, -0.15) is 0 Å². The second-order valence-electron chi connectivity index (χ2n) is 1.93. The fourth-order valence-corrected chi connectivity index (χ4v) is 1.18. The molecule has 0 nitrogen and oxygen atoms in total. The molecule has 0 saturated carbocycles. The number of benzene rings is 1. The molecule has 1 aromatic rings. The van der Waals surface area contributed by atoms with Crippen molar-refractivity contribution in [2.75, 3.05) is 0 Å². The van der Waals surface area contributed by atoms with Crippen LogP contribution < -0.4 is 0 Å². The molecule has 0 saturated heterocycles. The molecule has 1 aromatic carbocycles. The van der Waals surface area contributed by atoms with Crippen molar-refractivity contribution in [1.29, 1.82) is 0 Å². The molecule has 0 atom stereocenters. The minimum Gasteiger partial charge on any atom is -0.0622 e. The second kappa shape index (κ2) is 1.89. The Kier molecular flexibility index (Phi) is 1.06. The molecule has 0 fully saturated rings. The highest BCUT2D eigenvalue weighted by Crippen LogP contribution is 2.26. The van der Waals surface area contributed by atoms with E-state index in [9.17, 15) is 0 Å². The van der Waals surface area contributed by atoms with Crippen LogP contribution >= 0.6 is 0 Å². The van der Waals surface area contributed by atoms with Crippen molar-refractivity contribution in [3.63, 3.8) is 0 Å². The average molecular weight is 138 g/mol. The van der Waals surface area contributed by atoms with Gasteiger partial charge in [-0.05, 0) is 12.1 Å². The topological polar surface area (TPSA) is 0 Å². The maximum Gasteiger partial charge on any atom is 0.300 e. The molecule has 0 spiro atoms. The van der Waals surface area contributed by atoms with E-state index in [4.69, 9.17) is 0 Å². The zero-order valence-electron chi connectivity index (χ0n) is 4.84. The molecule has 0 N–H and O–H groups in total. The summed E-state index contributed by atoms with van der Waals surface area (Å²) in [5, 5.41) is 1.36. The summed E-state index contributed by atoms with van der Waals surface area (Å²) in [7, 11) is 2.22. The van der Waals surface area contributed by atoms with Crippen LogP contribution in [0.2, 0.25) is 0 Å². The van der Waals surface area contributed by atoms with Gasteiger partial charge in [0.25, 0.3) is 10.6 Å². The molecule has 44 valence electrons. The van der Waals surface area contributed by atoms with E-state index in [1.165, 1.54) is 10.6 Å². The highest BCUT2D eigenvalue weighted by Gasteiger charge is 2.31. The zero-order chi connectivity index (χ0) is 6.10. The van der Waals surface area contributed by atoms with Crippen LogP contribution in [0.25, 0.3) is 5.03 Å². The van der Waals surface area contributed by atoms with Crippen molar-refractivity contribution in [3.05, 3.63) is 41.4 Å². The highest BCUT2D eigenvalue weighted by molar-refractivity contribution is 5.61. The first-order valence-corrected chi connectivity index (χ1v) is 3.67. The predicted molar refractivity (Wildman–Crippen MR) is 34.4 cm³/mol. The highest BCUT2D eigenvalue weighted by atomic mass is 35.5. The van der Waals surface area contributed by atoms with E-state index in [0.717, 1.165) is 0 Å². The van der Waals surface area contributed by atoms with E-state index in [2.05, 4.69) is 40.6 Å². The van der Waals surface area contributed by atoms with Gasteiger partial charge in [0, 0.05) is 5.56 Å². The van der Waals surface area contributed by atoms with Crippen LogP contribution in [0.5, 0.6) is 0 Å². The first kappa shape index (κ1) is 5.07. The molecule has 1 heterocycles. The van der Waals surface area contributed by atoms with Gasteiger partial charge in [-0.1, -0.05) is 18.2 Å². The summed E-state index contributed by atoms with van der Waals surface area (Å²) < 4.78 is 0. The van der Waals surface area contributed by atoms with Crippen LogP contribution in [-0.4, -0.2) is 0 Å². The normalized spacial score (nSPS) is 14.9. The lowest BCUT2D eigenvalue weighted by molar-refractivity contribution is -0.411. The van der Waals surface area contributed by atoms with Crippen LogP contribution in [-0.2, 0) is 0 Å².